The van der Waals surface area contributed by atoms with E-state index in [4.69, 9.17) is 27.9 Å². The second-order valence-corrected chi connectivity index (χ2v) is 10.9. The molecule has 0 aromatic heterocycles. The summed E-state index contributed by atoms with van der Waals surface area (Å²) in [5.74, 6) is 0.689. The number of amides is 1. The van der Waals surface area contributed by atoms with E-state index in [0.29, 0.717) is 34.2 Å². The van der Waals surface area contributed by atoms with Crippen LogP contribution in [0.25, 0.3) is 0 Å². The molecule has 5 nitrogen and oxygen atoms in total. The Morgan fingerprint density at radius 3 is 2.43 bits per heavy atom. The largest absolute Gasteiger partial charge is 0.497 e. The summed E-state index contributed by atoms with van der Waals surface area (Å²) in [6.45, 7) is 2.47. The summed E-state index contributed by atoms with van der Waals surface area (Å²) < 4.78 is 5.38. The Hall–Kier alpha value is -2.57. The van der Waals surface area contributed by atoms with Crippen molar-refractivity contribution in [2.75, 3.05) is 33.8 Å². The lowest BCUT2D eigenvalue weighted by atomic mass is 9.83. The first-order valence-electron chi connectivity index (χ1n) is 12.7. The minimum absolute atomic E-state index is 0.00476. The van der Waals surface area contributed by atoms with Crippen LogP contribution in [0.3, 0.4) is 0 Å². The first-order valence-corrected chi connectivity index (χ1v) is 13.5. The summed E-state index contributed by atoms with van der Waals surface area (Å²) in [6, 6.07) is 21.4. The topological polar surface area (TPSA) is 53.0 Å². The molecule has 0 saturated carbocycles. The fourth-order valence-corrected chi connectivity index (χ4v) is 6.18. The zero-order valence-corrected chi connectivity index (χ0v) is 22.7. The van der Waals surface area contributed by atoms with Crippen molar-refractivity contribution in [2.24, 2.45) is 0 Å². The van der Waals surface area contributed by atoms with Gasteiger partial charge in [0.1, 0.15) is 5.75 Å². The minimum Gasteiger partial charge on any atom is -0.497 e. The third kappa shape index (κ3) is 5.10. The lowest BCUT2D eigenvalue weighted by Gasteiger charge is -2.39. The molecule has 2 aliphatic rings. The van der Waals surface area contributed by atoms with Gasteiger partial charge in [-0.2, -0.15) is 0 Å². The highest BCUT2D eigenvalue weighted by Crippen LogP contribution is 2.46. The number of nitrogens with zero attached hydrogens (tertiary/aromatic N) is 2. The number of fused-ring (bicyclic) bond motifs is 1. The molecule has 1 N–H and O–H groups in total. The van der Waals surface area contributed by atoms with E-state index in [1.54, 1.807) is 7.11 Å². The summed E-state index contributed by atoms with van der Waals surface area (Å²) in [5.41, 5.74) is 2.95. The van der Waals surface area contributed by atoms with Crippen LogP contribution in [0.1, 0.15) is 58.3 Å². The monoisotopic (exact) mass is 538 g/mol. The van der Waals surface area contributed by atoms with Crippen LogP contribution in [0.2, 0.25) is 10.0 Å². The van der Waals surface area contributed by atoms with Gasteiger partial charge in [0, 0.05) is 31.6 Å². The number of halogens is 2. The summed E-state index contributed by atoms with van der Waals surface area (Å²) in [7, 11) is 3.48. The van der Waals surface area contributed by atoms with Crippen LogP contribution in [0, 0.1) is 0 Å². The number of hydrogen-bond donors (Lipinski definition) is 1. The van der Waals surface area contributed by atoms with Crippen molar-refractivity contribution in [3.63, 3.8) is 0 Å². The van der Waals surface area contributed by atoms with Gasteiger partial charge in [0.05, 0.1) is 28.8 Å². The number of likely N-dealkylation sites (N-methyl/N-ethyl adjacent to an activating group) is 1. The van der Waals surface area contributed by atoms with Crippen LogP contribution in [-0.4, -0.2) is 54.6 Å². The molecule has 3 aromatic carbocycles. The highest BCUT2D eigenvalue weighted by Gasteiger charge is 2.41. The van der Waals surface area contributed by atoms with Crippen molar-refractivity contribution in [3.05, 3.63) is 99.0 Å². The molecule has 1 amide bonds. The molecular weight excluding hydrogens is 507 g/mol. The summed E-state index contributed by atoms with van der Waals surface area (Å²) in [4.78, 5) is 17.5. The second-order valence-electron chi connectivity index (χ2n) is 10.1. The average Bonchev–Trinajstić information content (AvgIpc) is 3.17. The molecule has 3 aromatic rings. The maximum atomic E-state index is 13.2. The summed E-state index contributed by atoms with van der Waals surface area (Å²) in [6.07, 6.45) is 2.22. The van der Waals surface area contributed by atoms with Gasteiger partial charge in [-0.15, -0.1) is 0 Å². The van der Waals surface area contributed by atoms with Crippen LogP contribution < -0.4 is 4.74 Å². The van der Waals surface area contributed by atoms with Crippen LogP contribution in [0.4, 0.5) is 0 Å². The molecule has 2 aliphatic heterocycles. The van der Waals surface area contributed by atoms with E-state index >= 15 is 0 Å². The van der Waals surface area contributed by atoms with E-state index < -0.39 is 5.60 Å². The number of carbonyl (C=O) groups is 1. The zero-order valence-electron chi connectivity index (χ0n) is 21.2. The Labute approximate surface area is 228 Å². The Balaban J connectivity index is 1.38. The molecular formula is C30H32Cl2N2O3. The number of carbonyl (C=O) groups excluding carboxylic acids is 1. The van der Waals surface area contributed by atoms with Gasteiger partial charge in [-0.3, -0.25) is 4.79 Å². The van der Waals surface area contributed by atoms with Gasteiger partial charge in [0.15, 0.2) is 0 Å². The molecule has 194 valence electrons. The number of hydrogen-bond acceptors (Lipinski definition) is 4. The zero-order chi connectivity index (χ0) is 26.2. The van der Waals surface area contributed by atoms with Crippen LogP contribution in [0.15, 0.2) is 66.7 Å². The van der Waals surface area contributed by atoms with Gasteiger partial charge >= 0.3 is 0 Å². The molecule has 2 atom stereocenters. The van der Waals surface area contributed by atoms with E-state index in [1.165, 1.54) is 0 Å². The molecule has 5 rings (SSSR count). The third-order valence-electron chi connectivity index (χ3n) is 8.05. The first-order chi connectivity index (χ1) is 17.8. The minimum atomic E-state index is -0.781. The van der Waals surface area contributed by atoms with Crippen molar-refractivity contribution in [2.45, 2.75) is 36.8 Å². The normalized spacial score (nSPS) is 20.1. The van der Waals surface area contributed by atoms with E-state index in [-0.39, 0.29) is 17.9 Å². The highest BCUT2D eigenvalue weighted by atomic mass is 35.5. The Kier molecular flexibility index (Phi) is 7.51. The number of ether oxygens (including phenoxy) is 1. The van der Waals surface area contributed by atoms with E-state index in [2.05, 4.69) is 4.90 Å². The van der Waals surface area contributed by atoms with Gasteiger partial charge in [-0.25, -0.2) is 0 Å². The molecule has 0 radical (unpaired) electrons. The van der Waals surface area contributed by atoms with Crippen molar-refractivity contribution in [3.8, 4) is 5.75 Å². The van der Waals surface area contributed by atoms with E-state index in [1.807, 2.05) is 78.7 Å². The maximum absolute atomic E-state index is 13.2. The Morgan fingerprint density at radius 2 is 1.76 bits per heavy atom. The highest BCUT2D eigenvalue weighted by molar-refractivity contribution is 6.42. The average molecular weight is 540 g/mol. The number of piperidine rings is 1. The Bertz CT molecular complexity index is 1280. The maximum Gasteiger partial charge on any atom is 0.254 e. The second kappa shape index (κ2) is 10.7. The molecule has 0 aliphatic carbocycles. The van der Waals surface area contributed by atoms with Gasteiger partial charge in [0.25, 0.3) is 5.91 Å². The molecule has 2 unspecified atom stereocenters. The Morgan fingerprint density at radius 1 is 1.03 bits per heavy atom. The number of methoxy groups -OCH3 is 1. The lowest BCUT2D eigenvalue weighted by molar-refractivity contribution is -0.0266. The van der Waals surface area contributed by atoms with E-state index in [0.717, 1.165) is 42.7 Å². The third-order valence-corrected chi connectivity index (χ3v) is 8.79. The number of aliphatic hydroxyl groups is 1. The van der Waals surface area contributed by atoms with Crippen molar-refractivity contribution in [1.29, 1.82) is 0 Å². The predicted octanol–water partition coefficient (Wildman–Crippen LogP) is 6.29. The quantitative estimate of drug-likeness (QED) is 0.384. The van der Waals surface area contributed by atoms with Crippen LogP contribution >= 0.6 is 23.2 Å². The van der Waals surface area contributed by atoms with Crippen molar-refractivity contribution in [1.82, 2.24) is 9.80 Å². The number of rotatable bonds is 7. The smallest absolute Gasteiger partial charge is 0.254 e. The lowest BCUT2D eigenvalue weighted by Crippen LogP contribution is -2.43. The van der Waals surface area contributed by atoms with Crippen LogP contribution in [-0.2, 0) is 5.60 Å². The standard InChI is InChI=1S/C30H32Cl2N2O3/c1-33-28(24-10-9-22(37-2)19-25(24)29(33)35)23(20-8-11-26(31)27(32)18-20)12-15-34-16-13-30(36,14-17-34)21-6-4-3-5-7-21/h3-11,18-19,23,28,36H,12-17H2,1-2H3. The number of benzene rings is 3. The van der Waals surface area contributed by atoms with Crippen molar-refractivity contribution < 1.29 is 14.6 Å². The molecule has 2 heterocycles. The molecule has 7 heteroatoms. The molecule has 1 saturated heterocycles. The first kappa shape index (κ1) is 26.1. The molecule has 0 spiro atoms. The van der Waals surface area contributed by atoms with Crippen LogP contribution in [0.5, 0.6) is 5.75 Å². The van der Waals surface area contributed by atoms with Crippen molar-refractivity contribution >= 4 is 29.1 Å². The van der Waals surface area contributed by atoms with Gasteiger partial charge in [-0.1, -0.05) is 65.7 Å². The van der Waals surface area contributed by atoms with E-state index in [9.17, 15) is 9.90 Å². The predicted molar refractivity (Wildman–Crippen MR) is 148 cm³/mol. The fourth-order valence-electron chi connectivity index (χ4n) is 5.87. The van der Waals surface area contributed by atoms with Gasteiger partial charge in [0.2, 0.25) is 0 Å². The molecule has 1 fully saturated rings. The summed E-state index contributed by atoms with van der Waals surface area (Å²) >= 11 is 12.7. The van der Waals surface area contributed by atoms with Gasteiger partial charge in [-0.05, 0) is 66.8 Å². The number of likely N-dealkylation sites (tertiary alicyclic amines) is 1. The van der Waals surface area contributed by atoms with Gasteiger partial charge < -0.3 is 19.6 Å². The SMILES string of the molecule is COc1ccc2c(c1)C(=O)N(C)C2C(CCN1CCC(O)(c2ccccc2)CC1)c1ccc(Cl)c(Cl)c1. The molecule has 0 bridgehead atoms. The summed E-state index contributed by atoms with van der Waals surface area (Å²) in [5, 5.41) is 12.3. The fraction of sp³-hybridized carbons (Fsp3) is 0.367. The molecule has 37 heavy (non-hydrogen) atoms.